The number of aryl methyl sites for hydroxylation is 1. The number of imide groups is 1. The molecule has 0 spiro atoms. The maximum absolute atomic E-state index is 13.0. The normalized spacial score (nSPS) is 19.5. The number of carbonyl (C=O) groups is 3. The van der Waals surface area contributed by atoms with Crippen LogP contribution in [0.5, 0.6) is 0 Å². The molecule has 0 aromatic heterocycles. The Morgan fingerprint density at radius 3 is 2.32 bits per heavy atom. The van der Waals surface area contributed by atoms with Gasteiger partial charge < -0.3 is 10.6 Å². The average Bonchev–Trinajstić information content (AvgIpc) is 3.46. The molecular weight excluding hydrogens is 354 g/mol. The number of carbonyl (C=O) groups excluding carboxylic acids is 3. The summed E-state index contributed by atoms with van der Waals surface area (Å²) in [5, 5.41) is 5.92. The van der Waals surface area contributed by atoms with Crippen molar-refractivity contribution in [3.05, 3.63) is 35.4 Å². The molecule has 1 saturated carbocycles. The van der Waals surface area contributed by atoms with Gasteiger partial charge in [0.25, 0.3) is 5.91 Å². The Balaban J connectivity index is 1.68. The highest BCUT2D eigenvalue weighted by Gasteiger charge is 2.50. The van der Waals surface area contributed by atoms with Gasteiger partial charge in [0.2, 0.25) is 5.91 Å². The second kappa shape index (κ2) is 8.33. The Morgan fingerprint density at radius 1 is 1.18 bits per heavy atom. The van der Waals surface area contributed by atoms with Crippen LogP contribution in [-0.4, -0.2) is 34.8 Å². The summed E-state index contributed by atoms with van der Waals surface area (Å²) in [5.74, 6) is -0.131. The van der Waals surface area contributed by atoms with Gasteiger partial charge in [-0.1, -0.05) is 56.5 Å². The Bertz CT molecular complexity index is 734. The third kappa shape index (κ3) is 4.21. The standard InChI is InChI=1S/C22H31N3O3/c1-4-12-22(13-5-2)20(27)25(21(28)24-22)14-18(26)23-19(17-10-11-17)16-8-6-15(3)7-9-16/h6-9,17,19H,4-5,10-14H2,1-3H3,(H,23,26)(H,24,28). The molecule has 2 fully saturated rings. The van der Waals surface area contributed by atoms with Crippen LogP contribution in [0.15, 0.2) is 24.3 Å². The molecule has 1 aliphatic heterocycles. The highest BCUT2D eigenvalue weighted by Crippen LogP contribution is 2.41. The van der Waals surface area contributed by atoms with E-state index in [1.807, 2.05) is 45.0 Å². The highest BCUT2D eigenvalue weighted by atomic mass is 16.2. The summed E-state index contributed by atoms with van der Waals surface area (Å²) >= 11 is 0. The molecule has 2 N–H and O–H groups in total. The van der Waals surface area contributed by atoms with Crippen LogP contribution in [-0.2, 0) is 9.59 Å². The maximum atomic E-state index is 13.0. The van der Waals surface area contributed by atoms with E-state index in [2.05, 4.69) is 10.6 Å². The molecule has 0 radical (unpaired) electrons. The third-order valence-electron chi connectivity index (χ3n) is 5.75. The topological polar surface area (TPSA) is 78.5 Å². The molecule has 6 nitrogen and oxygen atoms in total. The van der Waals surface area contributed by atoms with Crippen molar-refractivity contribution in [1.82, 2.24) is 15.5 Å². The first-order chi connectivity index (χ1) is 13.4. The molecule has 4 amide bonds. The molecule has 1 heterocycles. The largest absolute Gasteiger partial charge is 0.347 e. The minimum Gasteiger partial charge on any atom is -0.347 e. The number of nitrogens with one attached hydrogen (secondary N) is 2. The van der Waals surface area contributed by atoms with Gasteiger partial charge in [0.05, 0.1) is 6.04 Å². The van der Waals surface area contributed by atoms with Gasteiger partial charge in [0.1, 0.15) is 12.1 Å². The number of hydrogen-bond donors (Lipinski definition) is 2. The summed E-state index contributed by atoms with van der Waals surface area (Å²) in [4.78, 5) is 39.2. The SMILES string of the molecule is CCCC1(CCC)NC(=O)N(CC(=O)NC(c2ccc(C)cc2)C2CC2)C1=O. The summed E-state index contributed by atoms with van der Waals surface area (Å²) in [6, 6.07) is 7.64. The fourth-order valence-corrected chi connectivity index (χ4v) is 4.18. The van der Waals surface area contributed by atoms with Crippen LogP contribution in [0.2, 0.25) is 0 Å². The van der Waals surface area contributed by atoms with Crippen LogP contribution >= 0.6 is 0 Å². The molecule has 152 valence electrons. The number of rotatable bonds is 9. The Labute approximate surface area is 167 Å². The number of hydrogen-bond acceptors (Lipinski definition) is 3. The van der Waals surface area contributed by atoms with E-state index in [0.29, 0.717) is 18.8 Å². The lowest BCUT2D eigenvalue weighted by Gasteiger charge is -2.26. The maximum Gasteiger partial charge on any atom is 0.325 e. The van der Waals surface area contributed by atoms with Crippen molar-refractivity contribution in [3.63, 3.8) is 0 Å². The van der Waals surface area contributed by atoms with Gasteiger partial charge in [-0.05, 0) is 44.1 Å². The first-order valence-electron chi connectivity index (χ1n) is 10.4. The van der Waals surface area contributed by atoms with E-state index in [9.17, 15) is 14.4 Å². The molecule has 1 unspecified atom stereocenters. The molecule has 3 rings (SSSR count). The fourth-order valence-electron chi connectivity index (χ4n) is 4.18. The van der Waals surface area contributed by atoms with E-state index in [-0.39, 0.29) is 24.4 Å². The molecule has 6 heteroatoms. The summed E-state index contributed by atoms with van der Waals surface area (Å²) in [7, 11) is 0. The molecule has 28 heavy (non-hydrogen) atoms. The highest BCUT2D eigenvalue weighted by molar-refractivity contribution is 6.09. The van der Waals surface area contributed by atoms with Gasteiger partial charge in [-0.25, -0.2) is 4.79 Å². The van der Waals surface area contributed by atoms with E-state index >= 15 is 0 Å². The fraction of sp³-hybridized carbons (Fsp3) is 0.591. The molecule has 1 aliphatic carbocycles. The van der Waals surface area contributed by atoms with Crippen molar-refractivity contribution in [2.75, 3.05) is 6.54 Å². The van der Waals surface area contributed by atoms with Gasteiger partial charge in [-0.3, -0.25) is 14.5 Å². The molecule has 1 aromatic carbocycles. The van der Waals surface area contributed by atoms with Crippen molar-refractivity contribution >= 4 is 17.8 Å². The van der Waals surface area contributed by atoms with Gasteiger partial charge in [0, 0.05) is 0 Å². The predicted octanol–water partition coefficient (Wildman–Crippen LogP) is 3.45. The van der Waals surface area contributed by atoms with Gasteiger partial charge in [-0.2, -0.15) is 0 Å². The number of benzene rings is 1. The van der Waals surface area contributed by atoms with Crippen molar-refractivity contribution in [1.29, 1.82) is 0 Å². The summed E-state index contributed by atoms with van der Waals surface area (Å²) in [5.41, 5.74) is 1.39. The van der Waals surface area contributed by atoms with Crippen molar-refractivity contribution in [2.24, 2.45) is 5.92 Å². The first kappa shape index (κ1) is 20.4. The van der Waals surface area contributed by atoms with E-state index in [1.54, 1.807) is 0 Å². The van der Waals surface area contributed by atoms with Crippen LogP contribution < -0.4 is 10.6 Å². The number of urea groups is 1. The quantitative estimate of drug-likeness (QED) is 0.639. The average molecular weight is 386 g/mol. The van der Waals surface area contributed by atoms with Crippen LogP contribution in [0.3, 0.4) is 0 Å². The summed E-state index contributed by atoms with van der Waals surface area (Å²) in [6.45, 7) is 5.79. The minimum absolute atomic E-state index is 0.0649. The van der Waals surface area contributed by atoms with Crippen LogP contribution in [0.4, 0.5) is 4.79 Å². The molecule has 2 aliphatic rings. The second-order valence-electron chi connectivity index (χ2n) is 8.20. The van der Waals surface area contributed by atoms with E-state index < -0.39 is 11.6 Å². The molecule has 1 saturated heterocycles. The minimum atomic E-state index is -0.853. The zero-order chi connectivity index (χ0) is 20.3. The van der Waals surface area contributed by atoms with Gasteiger partial charge in [0.15, 0.2) is 0 Å². The summed E-state index contributed by atoms with van der Waals surface area (Å²) < 4.78 is 0. The third-order valence-corrected chi connectivity index (χ3v) is 5.75. The van der Waals surface area contributed by atoms with Crippen molar-refractivity contribution in [2.45, 2.75) is 70.9 Å². The van der Waals surface area contributed by atoms with Gasteiger partial charge in [-0.15, -0.1) is 0 Å². The lowest BCUT2D eigenvalue weighted by atomic mass is 9.88. The van der Waals surface area contributed by atoms with Crippen LogP contribution in [0.1, 0.15) is 69.5 Å². The number of nitrogens with zero attached hydrogens (tertiary/aromatic N) is 1. The predicted molar refractivity (Wildman–Crippen MR) is 108 cm³/mol. The lowest BCUT2D eigenvalue weighted by molar-refractivity contribution is -0.135. The molecule has 1 atom stereocenters. The van der Waals surface area contributed by atoms with Crippen molar-refractivity contribution in [3.8, 4) is 0 Å². The zero-order valence-electron chi connectivity index (χ0n) is 17.1. The van der Waals surface area contributed by atoms with Crippen LogP contribution in [0.25, 0.3) is 0 Å². The van der Waals surface area contributed by atoms with E-state index in [1.165, 1.54) is 5.56 Å². The van der Waals surface area contributed by atoms with E-state index in [4.69, 9.17) is 0 Å². The Morgan fingerprint density at radius 2 is 1.79 bits per heavy atom. The Kier molecular flexibility index (Phi) is 6.06. The number of amides is 4. The molecular formula is C22H31N3O3. The van der Waals surface area contributed by atoms with Crippen molar-refractivity contribution < 1.29 is 14.4 Å². The summed E-state index contributed by atoms with van der Waals surface area (Å²) in [6.07, 6.45) is 4.94. The Hall–Kier alpha value is -2.37. The second-order valence-corrected chi connectivity index (χ2v) is 8.20. The monoisotopic (exact) mass is 385 g/mol. The zero-order valence-corrected chi connectivity index (χ0v) is 17.1. The van der Waals surface area contributed by atoms with E-state index in [0.717, 1.165) is 36.1 Å². The lowest BCUT2D eigenvalue weighted by Crippen LogP contribution is -2.47. The first-order valence-corrected chi connectivity index (χ1v) is 10.4. The molecule has 0 bridgehead atoms. The van der Waals surface area contributed by atoms with Crippen LogP contribution in [0, 0.1) is 12.8 Å². The molecule has 1 aromatic rings. The van der Waals surface area contributed by atoms with Gasteiger partial charge >= 0.3 is 6.03 Å². The smallest absolute Gasteiger partial charge is 0.325 e.